The normalized spacial score (nSPS) is 10.4. The number of anilines is 1. The van der Waals surface area contributed by atoms with Crippen molar-refractivity contribution in [2.24, 2.45) is 0 Å². The number of H-pyrrole nitrogens is 1. The molecule has 0 saturated carbocycles. The SMILES string of the molecule is CCc1cn[nH]c1NC(=O)c1cc(C)cc(Cl)c1. The van der Waals surface area contributed by atoms with E-state index in [-0.39, 0.29) is 5.91 Å². The molecule has 0 aliphatic rings. The molecule has 0 aliphatic carbocycles. The van der Waals surface area contributed by atoms with Crippen LogP contribution in [0.25, 0.3) is 0 Å². The highest BCUT2D eigenvalue weighted by Crippen LogP contribution is 2.17. The van der Waals surface area contributed by atoms with Crippen molar-refractivity contribution in [3.63, 3.8) is 0 Å². The fourth-order valence-electron chi connectivity index (χ4n) is 1.74. The third kappa shape index (κ3) is 2.71. The first-order valence-corrected chi connectivity index (χ1v) is 6.08. The van der Waals surface area contributed by atoms with Crippen LogP contribution in [0.5, 0.6) is 0 Å². The molecule has 1 heterocycles. The average molecular weight is 264 g/mol. The van der Waals surface area contributed by atoms with Crippen LogP contribution in [0.15, 0.2) is 24.4 Å². The van der Waals surface area contributed by atoms with Gasteiger partial charge >= 0.3 is 0 Å². The van der Waals surface area contributed by atoms with Gasteiger partial charge in [0.15, 0.2) is 0 Å². The van der Waals surface area contributed by atoms with E-state index in [2.05, 4.69) is 15.5 Å². The highest BCUT2D eigenvalue weighted by molar-refractivity contribution is 6.31. The molecule has 0 fully saturated rings. The average Bonchev–Trinajstić information content (AvgIpc) is 2.75. The van der Waals surface area contributed by atoms with Crippen molar-refractivity contribution in [2.75, 3.05) is 5.32 Å². The Morgan fingerprint density at radius 1 is 1.44 bits per heavy atom. The lowest BCUT2D eigenvalue weighted by molar-refractivity contribution is 0.102. The first-order chi connectivity index (χ1) is 8.60. The minimum Gasteiger partial charge on any atom is -0.307 e. The van der Waals surface area contributed by atoms with E-state index in [4.69, 9.17) is 11.6 Å². The Kier molecular flexibility index (Phi) is 3.67. The Bertz CT molecular complexity index is 557. The van der Waals surface area contributed by atoms with Crippen LogP contribution in [-0.4, -0.2) is 16.1 Å². The molecule has 1 aromatic carbocycles. The molecule has 0 aliphatic heterocycles. The van der Waals surface area contributed by atoms with Crippen molar-refractivity contribution in [2.45, 2.75) is 20.3 Å². The van der Waals surface area contributed by atoms with Crippen molar-refractivity contribution >= 4 is 23.3 Å². The van der Waals surface area contributed by atoms with Crippen molar-refractivity contribution in [1.82, 2.24) is 10.2 Å². The van der Waals surface area contributed by atoms with E-state index in [9.17, 15) is 4.79 Å². The number of benzene rings is 1. The van der Waals surface area contributed by atoms with Gasteiger partial charge in [0.2, 0.25) is 0 Å². The van der Waals surface area contributed by atoms with Gasteiger partial charge in [-0.1, -0.05) is 18.5 Å². The summed E-state index contributed by atoms with van der Waals surface area (Å²) >= 11 is 5.93. The maximum atomic E-state index is 12.1. The van der Waals surface area contributed by atoms with Crippen LogP contribution in [-0.2, 0) is 6.42 Å². The predicted molar refractivity (Wildman–Crippen MR) is 72.1 cm³/mol. The van der Waals surface area contributed by atoms with E-state index in [0.717, 1.165) is 17.5 Å². The third-order valence-electron chi connectivity index (χ3n) is 2.64. The molecule has 0 atom stereocenters. The molecule has 0 bridgehead atoms. The Morgan fingerprint density at radius 2 is 2.22 bits per heavy atom. The van der Waals surface area contributed by atoms with Crippen LogP contribution in [0.1, 0.15) is 28.4 Å². The zero-order chi connectivity index (χ0) is 13.1. The van der Waals surface area contributed by atoms with Gasteiger partial charge in [-0.05, 0) is 37.1 Å². The summed E-state index contributed by atoms with van der Waals surface area (Å²) < 4.78 is 0. The van der Waals surface area contributed by atoms with Gasteiger partial charge in [-0.25, -0.2) is 0 Å². The number of carbonyl (C=O) groups excluding carboxylic acids is 1. The van der Waals surface area contributed by atoms with Crippen molar-refractivity contribution in [1.29, 1.82) is 0 Å². The van der Waals surface area contributed by atoms with Crippen LogP contribution < -0.4 is 5.32 Å². The fraction of sp³-hybridized carbons (Fsp3) is 0.231. The molecule has 2 rings (SSSR count). The number of aromatic amines is 1. The number of aromatic nitrogens is 2. The van der Waals surface area contributed by atoms with E-state index >= 15 is 0 Å². The van der Waals surface area contributed by atoms with E-state index in [1.807, 2.05) is 19.9 Å². The van der Waals surface area contributed by atoms with Crippen LogP contribution in [0.2, 0.25) is 5.02 Å². The van der Waals surface area contributed by atoms with Gasteiger partial charge in [-0.15, -0.1) is 0 Å². The first-order valence-electron chi connectivity index (χ1n) is 5.71. The standard InChI is InChI=1S/C13H14ClN3O/c1-3-9-7-15-17-12(9)16-13(18)10-4-8(2)5-11(14)6-10/h4-7H,3H2,1-2H3,(H2,15,16,17,18). The van der Waals surface area contributed by atoms with Crippen LogP contribution in [0.3, 0.4) is 0 Å². The largest absolute Gasteiger partial charge is 0.307 e. The summed E-state index contributed by atoms with van der Waals surface area (Å²) in [4.78, 5) is 12.1. The van der Waals surface area contributed by atoms with Crippen molar-refractivity contribution in [3.8, 4) is 0 Å². The molecule has 0 radical (unpaired) electrons. The van der Waals surface area contributed by atoms with E-state index < -0.39 is 0 Å². The zero-order valence-corrected chi connectivity index (χ0v) is 11.0. The number of halogens is 1. The molecule has 1 aromatic heterocycles. The molecule has 2 N–H and O–H groups in total. The predicted octanol–water partition coefficient (Wildman–Crippen LogP) is 3.19. The van der Waals surface area contributed by atoms with Crippen LogP contribution in [0.4, 0.5) is 5.82 Å². The summed E-state index contributed by atoms with van der Waals surface area (Å²) in [6.07, 6.45) is 2.51. The monoisotopic (exact) mass is 263 g/mol. The molecule has 18 heavy (non-hydrogen) atoms. The molecule has 5 heteroatoms. The molecular weight excluding hydrogens is 250 g/mol. The maximum Gasteiger partial charge on any atom is 0.256 e. The quantitative estimate of drug-likeness (QED) is 0.894. The smallest absolute Gasteiger partial charge is 0.256 e. The number of carbonyl (C=O) groups is 1. The summed E-state index contributed by atoms with van der Waals surface area (Å²) in [6.45, 7) is 3.90. The molecule has 0 saturated heterocycles. The summed E-state index contributed by atoms with van der Waals surface area (Å²) in [5.41, 5.74) is 2.46. The van der Waals surface area contributed by atoms with Gasteiger partial charge in [0, 0.05) is 16.1 Å². The lowest BCUT2D eigenvalue weighted by atomic mass is 10.1. The first kappa shape index (κ1) is 12.6. The second-order valence-electron chi connectivity index (χ2n) is 4.10. The summed E-state index contributed by atoms with van der Waals surface area (Å²) in [7, 11) is 0. The van der Waals surface area contributed by atoms with Gasteiger partial charge in [0.05, 0.1) is 6.20 Å². The van der Waals surface area contributed by atoms with E-state index in [1.54, 1.807) is 18.3 Å². The Hall–Kier alpha value is -1.81. The number of nitrogens with zero attached hydrogens (tertiary/aromatic N) is 1. The lowest BCUT2D eigenvalue weighted by Gasteiger charge is -2.06. The van der Waals surface area contributed by atoms with Crippen molar-refractivity contribution < 1.29 is 4.79 Å². The second kappa shape index (κ2) is 5.23. The minimum absolute atomic E-state index is 0.195. The summed E-state index contributed by atoms with van der Waals surface area (Å²) in [5, 5.41) is 10.0. The van der Waals surface area contributed by atoms with Crippen LogP contribution in [0, 0.1) is 6.92 Å². The Balaban J connectivity index is 2.22. The molecule has 94 valence electrons. The second-order valence-corrected chi connectivity index (χ2v) is 4.53. The molecule has 2 aromatic rings. The number of amides is 1. The maximum absolute atomic E-state index is 12.1. The topological polar surface area (TPSA) is 57.8 Å². The number of hydrogen-bond acceptors (Lipinski definition) is 2. The molecule has 0 spiro atoms. The van der Waals surface area contributed by atoms with Crippen LogP contribution >= 0.6 is 11.6 Å². The third-order valence-corrected chi connectivity index (χ3v) is 2.86. The highest BCUT2D eigenvalue weighted by Gasteiger charge is 2.10. The van der Waals surface area contributed by atoms with E-state index in [1.165, 1.54) is 0 Å². The lowest BCUT2D eigenvalue weighted by Crippen LogP contribution is -2.13. The number of nitrogens with one attached hydrogen (secondary N) is 2. The summed E-state index contributed by atoms with van der Waals surface area (Å²) in [5.74, 6) is 0.444. The number of hydrogen-bond donors (Lipinski definition) is 2. The van der Waals surface area contributed by atoms with Gasteiger partial charge in [-0.2, -0.15) is 5.10 Å². The van der Waals surface area contributed by atoms with Gasteiger partial charge in [-0.3, -0.25) is 9.89 Å². The summed E-state index contributed by atoms with van der Waals surface area (Å²) in [6, 6.07) is 5.25. The molecular formula is C13H14ClN3O. The number of rotatable bonds is 3. The van der Waals surface area contributed by atoms with Gasteiger partial charge in [0.25, 0.3) is 5.91 Å². The van der Waals surface area contributed by atoms with E-state index in [0.29, 0.717) is 16.4 Å². The molecule has 0 unspecified atom stereocenters. The van der Waals surface area contributed by atoms with Gasteiger partial charge < -0.3 is 5.32 Å². The Labute approximate surface area is 110 Å². The zero-order valence-electron chi connectivity index (χ0n) is 10.2. The molecule has 4 nitrogen and oxygen atoms in total. The van der Waals surface area contributed by atoms with Gasteiger partial charge in [0.1, 0.15) is 5.82 Å². The van der Waals surface area contributed by atoms with Crippen molar-refractivity contribution in [3.05, 3.63) is 46.1 Å². The fourth-order valence-corrected chi connectivity index (χ4v) is 2.03. The Morgan fingerprint density at radius 3 is 2.89 bits per heavy atom. The highest BCUT2D eigenvalue weighted by atomic mass is 35.5. The molecule has 1 amide bonds. The minimum atomic E-state index is -0.195. The number of aryl methyl sites for hydroxylation is 2.